The zero-order chi connectivity index (χ0) is 23.5. The van der Waals surface area contributed by atoms with E-state index in [1.54, 1.807) is 13.1 Å². The van der Waals surface area contributed by atoms with Gasteiger partial charge in [-0.2, -0.15) is 0 Å². The Hall–Kier alpha value is -4.00. The second-order valence-corrected chi connectivity index (χ2v) is 7.89. The summed E-state index contributed by atoms with van der Waals surface area (Å²) in [4.78, 5) is 41.2. The van der Waals surface area contributed by atoms with Gasteiger partial charge in [-0.05, 0) is 47.9 Å². The highest BCUT2D eigenvalue weighted by atomic mass is 19.1. The average Bonchev–Trinajstić information content (AvgIpc) is 3.07. The van der Waals surface area contributed by atoms with Crippen LogP contribution >= 0.6 is 0 Å². The lowest BCUT2D eigenvalue weighted by molar-refractivity contribution is 0.0655. The lowest BCUT2D eigenvalue weighted by Gasteiger charge is -2.18. The van der Waals surface area contributed by atoms with Crippen molar-refractivity contribution in [3.63, 3.8) is 0 Å². The molecule has 1 heterocycles. The number of halogens is 1. The van der Waals surface area contributed by atoms with E-state index in [1.807, 2.05) is 30.3 Å². The number of hydrogen-bond acceptors (Lipinski definition) is 4. The van der Waals surface area contributed by atoms with E-state index in [2.05, 4.69) is 0 Å². The van der Waals surface area contributed by atoms with Crippen molar-refractivity contribution in [3.8, 4) is 5.75 Å². The van der Waals surface area contributed by atoms with Gasteiger partial charge in [-0.3, -0.25) is 19.3 Å². The molecule has 0 fully saturated rings. The summed E-state index contributed by atoms with van der Waals surface area (Å²) in [6.45, 7) is 0.440. The van der Waals surface area contributed by atoms with Crippen LogP contribution in [0.1, 0.15) is 42.2 Å². The second kappa shape index (κ2) is 9.24. The number of carbonyl (C=O) groups is 3. The summed E-state index contributed by atoms with van der Waals surface area (Å²) in [5.41, 5.74) is 2.44. The number of fused-ring (bicyclic) bond motifs is 1. The average molecular weight is 446 g/mol. The maximum Gasteiger partial charge on any atom is 0.261 e. The quantitative estimate of drug-likeness (QED) is 0.516. The van der Waals surface area contributed by atoms with Crippen molar-refractivity contribution in [2.45, 2.75) is 13.0 Å². The molecule has 0 unspecified atom stereocenters. The minimum atomic E-state index is -0.506. The monoisotopic (exact) mass is 446 g/mol. The zero-order valence-corrected chi connectivity index (χ0v) is 18.4. The fourth-order valence-corrected chi connectivity index (χ4v) is 3.89. The number of nitrogens with zero attached hydrogens (tertiary/aromatic N) is 2. The number of amides is 3. The molecule has 1 aliphatic heterocycles. The van der Waals surface area contributed by atoms with E-state index < -0.39 is 11.7 Å². The number of rotatable bonds is 7. The first kappa shape index (κ1) is 22.2. The summed E-state index contributed by atoms with van der Waals surface area (Å²) in [5.74, 6) is -1.47. The number of methoxy groups -OCH3 is 1. The van der Waals surface area contributed by atoms with Gasteiger partial charge in [-0.15, -0.1) is 0 Å². The molecule has 33 heavy (non-hydrogen) atoms. The summed E-state index contributed by atoms with van der Waals surface area (Å²) in [5, 5.41) is 0. The van der Waals surface area contributed by atoms with E-state index in [-0.39, 0.29) is 41.8 Å². The maximum absolute atomic E-state index is 14.0. The van der Waals surface area contributed by atoms with Crippen molar-refractivity contribution in [1.29, 1.82) is 0 Å². The van der Waals surface area contributed by atoms with Crippen molar-refractivity contribution in [2.24, 2.45) is 0 Å². The molecule has 0 aromatic heterocycles. The second-order valence-electron chi connectivity index (χ2n) is 7.89. The molecule has 168 valence electrons. The molecule has 7 heteroatoms. The molecule has 3 amide bonds. The number of benzene rings is 3. The SMILES string of the molecule is COc1ccc(CN(C)C(=O)c2ccc3c(c2)C(=O)N(CCc2ccccc2)C3=O)cc1F. The van der Waals surface area contributed by atoms with Crippen LogP contribution in [0, 0.1) is 5.82 Å². The minimum absolute atomic E-state index is 0.131. The van der Waals surface area contributed by atoms with Crippen molar-refractivity contribution in [1.82, 2.24) is 9.80 Å². The molecule has 0 aliphatic carbocycles. The molecule has 3 aromatic carbocycles. The highest BCUT2D eigenvalue weighted by Gasteiger charge is 2.35. The molecule has 0 spiro atoms. The van der Waals surface area contributed by atoms with Crippen LogP contribution in [0.2, 0.25) is 0 Å². The molecular weight excluding hydrogens is 423 g/mol. The van der Waals surface area contributed by atoms with Crippen molar-refractivity contribution >= 4 is 17.7 Å². The molecule has 3 aromatic rings. The standard InChI is InChI=1S/C26H23FN2O4/c1-28(16-18-8-11-23(33-2)22(27)14-18)24(30)19-9-10-20-21(15-19)26(32)29(25(20)31)13-12-17-6-4-3-5-7-17/h3-11,14-15H,12-13,16H2,1-2H3. The Morgan fingerprint density at radius 1 is 0.939 bits per heavy atom. The summed E-state index contributed by atoms with van der Waals surface area (Å²) in [6.07, 6.45) is 0.555. The van der Waals surface area contributed by atoms with E-state index in [0.717, 1.165) is 5.56 Å². The normalized spacial score (nSPS) is 12.6. The van der Waals surface area contributed by atoms with Gasteiger partial charge in [0.05, 0.1) is 18.2 Å². The third-order valence-corrected chi connectivity index (χ3v) is 5.67. The first-order valence-corrected chi connectivity index (χ1v) is 10.5. The Morgan fingerprint density at radius 2 is 1.67 bits per heavy atom. The van der Waals surface area contributed by atoms with E-state index in [1.165, 1.54) is 47.2 Å². The van der Waals surface area contributed by atoms with Crippen molar-refractivity contribution in [3.05, 3.63) is 100 Å². The number of imide groups is 1. The van der Waals surface area contributed by atoms with Crippen molar-refractivity contribution in [2.75, 3.05) is 20.7 Å². The lowest BCUT2D eigenvalue weighted by Crippen LogP contribution is -2.31. The van der Waals surface area contributed by atoms with Gasteiger partial charge in [0.25, 0.3) is 17.7 Å². The molecule has 1 aliphatic rings. The minimum Gasteiger partial charge on any atom is -0.494 e. The molecule has 0 saturated carbocycles. The predicted molar refractivity (Wildman–Crippen MR) is 121 cm³/mol. The highest BCUT2D eigenvalue weighted by Crippen LogP contribution is 2.25. The molecule has 6 nitrogen and oxygen atoms in total. The van der Waals surface area contributed by atoms with Crippen LogP contribution in [0.5, 0.6) is 5.75 Å². The van der Waals surface area contributed by atoms with Gasteiger partial charge in [0.2, 0.25) is 0 Å². The molecule has 0 saturated heterocycles. The molecule has 0 radical (unpaired) electrons. The van der Waals surface area contributed by atoms with E-state index >= 15 is 0 Å². The van der Waals surface area contributed by atoms with Gasteiger partial charge in [0.1, 0.15) is 0 Å². The highest BCUT2D eigenvalue weighted by molar-refractivity contribution is 6.22. The predicted octanol–water partition coefficient (Wildman–Crippen LogP) is 3.95. The van der Waals surface area contributed by atoms with Crippen LogP contribution in [0.3, 0.4) is 0 Å². The Morgan fingerprint density at radius 3 is 2.36 bits per heavy atom. The number of ether oxygens (including phenoxy) is 1. The van der Waals surface area contributed by atoms with Crippen LogP contribution in [0.4, 0.5) is 4.39 Å². The first-order chi connectivity index (χ1) is 15.9. The fraction of sp³-hybridized carbons (Fsp3) is 0.192. The van der Waals surface area contributed by atoms with Gasteiger partial charge in [0.15, 0.2) is 11.6 Å². The van der Waals surface area contributed by atoms with Crippen molar-refractivity contribution < 1.29 is 23.5 Å². The summed E-state index contributed by atoms with van der Waals surface area (Å²) in [6, 6.07) is 18.6. The molecule has 0 N–H and O–H groups in total. The van der Waals surface area contributed by atoms with E-state index in [0.29, 0.717) is 17.5 Å². The Kier molecular flexibility index (Phi) is 6.22. The molecular formula is C26H23FN2O4. The van der Waals surface area contributed by atoms with Crippen LogP contribution in [-0.4, -0.2) is 48.2 Å². The number of carbonyl (C=O) groups excluding carboxylic acids is 3. The Bertz CT molecular complexity index is 1230. The van der Waals surface area contributed by atoms with Crippen LogP contribution in [-0.2, 0) is 13.0 Å². The smallest absolute Gasteiger partial charge is 0.261 e. The summed E-state index contributed by atoms with van der Waals surface area (Å²) >= 11 is 0. The third-order valence-electron chi connectivity index (χ3n) is 5.67. The number of hydrogen-bond donors (Lipinski definition) is 0. The van der Waals surface area contributed by atoms with Crippen LogP contribution in [0.15, 0.2) is 66.7 Å². The Balaban J connectivity index is 1.47. The Labute approximate surface area is 191 Å². The zero-order valence-electron chi connectivity index (χ0n) is 18.4. The van der Waals surface area contributed by atoms with Gasteiger partial charge in [-0.1, -0.05) is 36.4 Å². The largest absolute Gasteiger partial charge is 0.494 e. The van der Waals surface area contributed by atoms with Gasteiger partial charge in [-0.25, -0.2) is 4.39 Å². The summed E-state index contributed by atoms with van der Waals surface area (Å²) < 4.78 is 18.9. The fourth-order valence-electron chi connectivity index (χ4n) is 3.89. The van der Waals surface area contributed by atoms with E-state index in [9.17, 15) is 18.8 Å². The van der Waals surface area contributed by atoms with Crippen LogP contribution in [0.25, 0.3) is 0 Å². The van der Waals surface area contributed by atoms with Gasteiger partial charge < -0.3 is 9.64 Å². The summed E-state index contributed by atoms with van der Waals surface area (Å²) in [7, 11) is 2.98. The molecule has 4 rings (SSSR count). The first-order valence-electron chi connectivity index (χ1n) is 10.5. The lowest BCUT2D eigenvalue weighted by atomic mass is 10.0. The topological polar surface area (TPSA) is 66.9 Å². The maximum atomic E-state index is 14.0. The molecule has 0 bridgehead atoms. The van der Waals surface area contributed by atoms with Gasteiger partial charge in [0, 0.05) is 25.7 Å². The molecule has 0 atom stereocenters. The van der Waals surface area contributed by atoms with E-state index in [4.69, 9.17) is 4.74 Å². The van der Waals surface area contributed by atoms with Crippen LogP contribution < -0.4 is 4.74 Å². The van der Waals surface area contributed by atoms with Gasteiger partial charge >= 0.3 is 0 Å². The third kappa shape index (κ3) is 4.48.